The lowest BCUT2D eigenvalue weighted by Gasteiger charge is -2.43. The Kier molecular flexibility index (Phi) is 9.01. The first-order chi connectivity index (χ1) is 11.8. The lowest BCUT2D eigenvalue weighted by molar-refractivity contribution is -0.207. The number of aliphatic hydroxyl groups excluding tert-OH is 2. The highest BCUT2D eigenvalue weighted by Gasteiger charge is 2.45. The molecule has 1 aliphatic rings. The van der Waals surface area contributed by atoms with E-state index >= 15 is 0 Å². The minimum atomic E-state index is -1.34. The Balaban J connectivity index is 2.75. The van der Waals surface area contributed by atoms with Gasteiger partial charge in [0.15, 0.2) is 6.23 Å². The monoisotopic (exact) mass is 360 g/mol. The van der Waals surface area contributed by atoms with Gasteiger partial charge in [0.2, 0.25) is 11.8 Å². The Hall–Kier alpha value is -1.52. The molecule has 1 rings (SSSR count). The molecule has 0 aromatic carbocycles. The van der Waals surface area contributed by atoms with Crippen molar-refractivity contribution in [3.05, 3.63) is 12.2 Å². The first-order valence-electron chi connectivity index (χ1n) is 8.18. The van der Waals surface area contributed by atoms with Gasteiger partial charge in [-0.1, -0.05) is 6.58 Å². The van der Waals surface area contributed by atoms with Crippen molar-refractivity contribution in [3.63, 3.8) is 0 Å². The van der Waals surface area contributed by atoms with Gasteiger partial charge in [-0.3, -0.25) is 9.59 Å². The molecule has 1 heterocycles. The van der Waals surface area contributed by atoms with Gasteiger partial charge in [-0.25, -0.2) is 0 Å². The van der Waals surface area contributed by atoms with Crippen LogP contribution in [0.25, 0.3) is 0 Å². The van der Waals surface area contributed by atoms with E-state index in [1.165, 1.54) is 13.8 Å². The Morgan fingerprint density at radius 2 is 1.76 bits per heavy atom. The number of ether oxygens (including phenoxy) is 3. The zero-order valence-corrected chi connectivity index (χ0v) is 14.9. The van der Waals surface area contributed by atoms with Crippen molar-refractivity contribution in [1.82, 2.24) is 10.6 Å². The molecule has 0 aromatic heterocycles. The molecule has 4 N–H and O–H groups in total. The zero-order valence-electron chi connectivity index (χ0n) is 14.9. The number of nitrogens with one attached hydrogen (secondary N) is 2. The molecule has 0 aromatic rings. The van der Waals surface area contributed by atoms with Crippen LogP contribution in [-0.2, 0) is 23.8 Å². The van der Waals surface area contributed by atoms with E-state index in [9.17, 15) is 19.8 Å². The maximum Gasteiger partial charge on any atom is 0.248 e. The third-order valence-electron chi connectivity index (χ3n) is 3.64. The van der Waals surface area contributed by atoms with Gasteiger partial charge in [0.1, 0.15) is 24.4 Å². The molecule has 1 fully saturated rings. The Bertz CT molecular complexity index is 471. The molecule has 2 amide bonds. The number of carbonyl (C=O) groups is 2. The highest BCUT2D eigenvalue weighted by Crippen LogP contribution is 2.21. The number of hydrogen-bond donors (Lipinski definition) is 4. The molecule has 0 spiro atoms. The Morgan fingerprint density at radius 1 is 1.12 bits per heavy atom. The summed E-state index contributed by atoms with van der Waals surface area (Å²) in [7, 11) is 0. The van der Waals surface area contributed by atoms with Gasteiger partial charge in [-0.05, 0) is 13.8 Å². The molecule has 25 heavy (non-hydrogen) atoms. The van der Waals surface area contributed by atoms with Gasteiger partial charge in [-0.2, -0.15) is 0 Å². The van der Waals surface area contributed by atoms with Crippen molar-refractivity contribution >= 4 is 11.8 Å². The van der Waals surface area contributed by atoms with E-state index in [1.54, 1.807) is 0 Å². The molecule has 1 aliphatic heterocycles. The van der Waals surface area contributed by atoms with Crippen molar-refractivity contribution in [2.45, 2.75) is 51.4 Å². The van der Waals surface area contributed by atoms with Gasteiger partial charge in [-0.15, -0.1) is 0 Å². The highest BCUT2D eigenvalue weighted by molar-refractivity contribution is 5.92. The second-order valence-electron chi connectivity index (χ2n) is 5.83. The van der Waals surface area contributed by atoms with Crippen molar-refractivity contribution in [2.75, 3.05) is 26.4 Å². The van der Waals surface area contributed by atoms with Crippen LogP contribution in [-0.4, -0.2) is 79.0 Å². The molecule has 0 bridgehead atoms. The van der Waals surface area contributed by atoms with Crippen LogP contribution in [0.2, 0.25) is 0 Å². The molecular weight excluding hydrogens is 332 g/mol. The lowest BCUT2D eigenvalue weighted by Crippen LogP contribution is -2.68. The first-order valence-corrected chi connectivity index (χ1v) is 8.18. The highest BCUT2D eigenvalue weighted by atomic mass is 16.6. The van der Waals surface area contributed by atoms with E-state index in [2.05, 4.69) is 17.2 Å². The largest absolute Gasteiger partial charge is 0.388 e. The molecule has 0 aliphatic carbocycles. The average Bonchev–Trinajstić information content (AvgIpc) is 2.54. The summed E-state index contributed by atoms with van der Waals surface area (Å²) in [6.45, 7) is 9.44. The Labute approximate surface area is 147 Å². The summed E-state index contributed by atoms with van der Waals surface area (Å²) in [6.07, 6.45) is -4.54. The quantitative estimate of drug-likeness (QED) is 0.297. The number of rotatable bonds is 9. The van der Waals surface area contributed by atoms with Crippen molar-refractivity contribution < 1.29 is 34.0 Å². The summed E-state index contributed by atoms with van der Waals surface area (Å²) < 4.78 is 16.2. The summed E-state index contributed by atoms with van der Waals surface area (Å²) in [5.74, 6) is -0.916. The number of hydrogen-bond acceptors (Lipinski definition) is 7. The summed E-state index contributed by atoms with van der Waals surface area (Å²) in [6, 6.07) is -1.00. The second-order valence-corrected chi connectivity index (χ2v) is 5.83. The van der Waals surface area contributed by atoms with Crippen LogP contribution in [0.5, 0.6) is 0 Å². The van der Waals surface area contributed by atoms with Crippen LogP contribution >= 0.6 is 0 Å². The SMILES string of the molecule is C=C(C)C(=O)N[C@@H]1O[C@H](COCCOCC)[C@H](O)[C@H](O)[C@H]1NC(C)=O. The predicted octanol–water partition coefficient (Wildman–Crippen LogP) is -1.32. The summed E-state index contributed by atoms with van der Waals surface area (Å²) >= 11 is 0. The molecular formula is C16H28N2O7. The molecule has 9 nitrogen and oxygen atoms in total. The third-order valence-corrected chi connectivity index (χ3v) is 3.64. The fourth-order valence-corrected chi connectivity index (χ4v) is 2.34. The van der Waals surface area contributed by atoms with Gasteiger partial charge < -0.3 is 35.1 Å². The van der Waals surface area contributed by atoms with Crippen LogP contribution < -0.4 is 10.6 Å². The molecule has 0 saturated carbocycles. The minimum Gasteiger partial charge on any atom is -0.388 e. The standard InChI is InChI=1S/C16H28N2O7/c1-5-23-6-7-24-8-11-13(20)14(21)12(17-10(4)19)16(25-11)18-15(22)9(2)3/h11-14,16,20-21H,2,5-8H2,1,3-4H3,(H,17,19)(H,18,22)/t11-,12-,13+,14-,16-/m1/s1. The van der Waals surface area contributed by atoms with Crippen LogP contribution in [0.3, 0.4) is 0 Å². The van der Waals surface area contributed by atoms with Crippen LogP contribution in [0.1, 0.15) is 20.8 Å². The van der Waals surface area contributed by atoms with Gasteiger partial charge in [0, 0.05) is 19.1 Å². The average molecular weight is 360 g/mol. The fourth-order valence-electron chi connectivity index (χ4n) is 2.34. The summed E-state index contributed by atoms with van der Waals surface area (Å²) in [5.41, 5.74) is 0.246. The second kappa shape index (κ2) is 10.5. The van der Waals surface area contributed by atoms with Gasteiger partial charge in [0.25, 0.3) is 0 Å². The number of carbonyl (C=O) groups excluding carboxylic acids is 2. The maximum atomic E-state index is 11.9. The molecule has 0 radical (unpaired) electrons. The number of amides is 2. The fraction of sp³-hybridized carbons (Fsp3) is 0.750. The third kappa shape index (κ3) is 6.71. The normalized spacial score (nSPS) is 29.1. The summed E-state index contributed by atoms with van der Waals surface area (Å²) in [4.78, 5) is 23.2. The molecule has 1 saturated heterocycles. The molecule has 9 heteroatoms. The zero-order chi connectivity index (χ0) is 19.0. The molecule has 5 atom stereocenters. The Morgan fingerprint density at radius 3 is 2.32 bits per heavy atom. The molecule has 144 valence electrons. The van der Waals surface area contributed by atoms with E-state index in [0.29, 0.717) is 19.8 Å². The maximum absolute atomic E-state index is 11.9. The van der Waals surface area contributed by atoms with E-state index in [-0.39, 0.29) is 12.2 Å². The van der Waals surface area contributed by atoms with E-state index in [0.717, 1.165) is 0 Å². The topological polar surface area (TPSA) is 126 Å². The van der Waals surface area contributed by atoms with E-state index in [4.69, 9.17) is 14.2 Å². The van der Waals surface area contributed by atoms with Crippen molar-refractivity contribution in [3.8, 4) is 0 Å². The van der Waals surface area contributed by atoms with Crippen LogP contribution in [0.4, 0.5) is 0 Å². The summed E-state index contributed by atoms with van der Waals surface area (Å²) in [5, 5.41) is 25.6. The lowest BCUT2D eigenvalue weighted by atomic mass is 9.95. The van der Waals surface area contributed by atoms with E-state index < -0.39 is 42.4 Å². The van der Waals surface area contributed by atoms with Gasteiger partial charge >= 0.3 is 0 Å². The van der Waals surface area contributed by atoms with E-state index in [1.807, 2.05) is 6.92 Å². The smallest absolute Gasteiger partial charge is 0.248 e. The van der Waals surface area contributed by atoms with Crippen molar-refractivity contribution in [2.24, 2.45) is 0 Å². The number of aliphatic hydroxyl groups is 2. The van der Waals surface area contributed by atoms with Crippen LogP contribution in [0.15, 0.2) is 12.2 Å². The predicted molar refractivity (Wildman–Crippen MR) is 88.5 cm³/mol. The molecule has 0 unspecified atom stereocenters. The van der Waals surface area contributed by atoms with Crippen LogP contribution in [0, 0.1) is 0 Å². The minimum absolute atomic E-state index is 0.00245. The van der Waals surface area contributed by atoms with Gasteiger partial charge in [0.05, 0.1) is 19.8 Å². The van der Waals surface area contributed by atoms with Crippen molar-refractivity contribution in [1.29, 1.82) is 0 Å². The first kappa shape index (κ1) is 21.5.